The number of carboxylic acids is 1. The molecule has 0 atom stereocenters. The van der Waals surface area contributed by atoms with E-state index in [1.54, 1.807) is 0 Å². The highest BCUT2D eigenvalue weighted by molar-refractivity contribution is 5.66. The zero-order valence-electron chi connectivity index (χ0n) is 16.2. The summed E-state index contributed by atoms with van der Waals surface area (Å²) in [5.74, 6) is -0.675. The Morgan fingerprint density at radius 2 is 1.18 bits per heavy atom. The summed E-state index contributed by atoms with van der Waals surface area (Å²) in [7, 11) is 0. The van der Waals surface area contributed by atoms with E-state index < -0.39 is 5.97 Å². The molecule has 0 aliphatic rings. The lowest BCUT2D eigenvalue weighted by molar-refractivity contribution is -0.393. The van der Waals surface area contributed by atoms with Gasteiger partial charge in [0.2, 0.25) is 0 Å². The number of hydrogen-bond acceptors (Lipinski definition) is 3. The van der Waals surface area contributed by atoms with Crippen LogP contribution in [-0.4, -0.2) is 22.3 Å². The third-order valence-corrected chi connectivity index (χ3v) is 2.36. The largest absolute Gasteiger partial charge is 0.481 e. The molecule has 0 bridgehead atoms. The molecular formula is C18H38O4. The number of hydrogen-bond donors (Lipinski definition) is 1. The molecule has 22 heavy (non-hydrogen) atoms. The minimum absolute atomic E-state index is 0.215. The van der Waals surface area contributed by atoms with Gasteiger partial charge in [-0.2, -0.15) is 0 Å². The van der Waals surface area contributed by atoms with Gasteiger partial charge in [-0.1, -0.05) is 33.6 Å². The van der Waals surface area contributed by atoms with E-state index in [2.05, 4.69) is 20.8 Å². The van der Waals surface area contributed by atoms with E-state index in [9.17, 15) is 4.79 Å². The molecule has 1 N–H and O–H groups in total. The van der Waals surface area contributed by atoms with Crippen LogP contribution in [0.2, 0.25) is 0 Å². The first kappa shape index (κ1) is 23.7. The Kier molecular flexibility index (Phi) is 11.0. The predicted molar refractivity (Wildman–Crippen MR) is 91.9 cm³/mol. The van der Waals surface area contributed by atoms with Gasteiger partial charge in [0.25, 0.3) is 0 Å². The van der Waals surface area contributed by atoms with Crippen LogP contribution >= 0.6 is 0 Å². The molecule has 0 saturated carbocycles. The van der Waals surface area contributed by atoms with Crippen LogP contribution in [0.25, 0.3) is 0 Å². The molecule has 0 heterocycles. The Morgan fingerprint density at radius 1 is 0.773 bits per heavy atom. The second-order valence-corrected chi connectivity index (χ2v) is 8.91. The molecule has 0 aliphatic heterocycles. The van der Waals surface area contributed by atoms with Crippen molar-refractivity contribution in [3.8, 4) is 0 Å². The van der Waals surface area contributed by atoms with E-state index in [4.69, 9.17) is 14.9 Å². The van der Waals surface area contributed by atoms with E-state index >= 15 is 0 Å². The average molecular weight is 318 g/mol. The lowest BCUT2D eigenvalue weighted by Crippen LogP contribution is -2.27. The molecule has 0 aliphatic carbocycles. The maximum atomic E-state index is 10.2. The van der Waals surface area contributed by atoms with Crippen LogP contribution in [0.1, 0.15) is 94.4 Å². The summed E-state index contributed by atoms with van der Waals surface area (Å²) in [6.45, 7) is 18.4. The van der Waals surface area contributed by atoms with Gasteiger partial charge < -0.3 is 5.11 Å². The summed E-state index contributed by atoms with van der Waals surface area (Å²) < 4.78 is 0. The van der Waals surface area contributed by atoms with Crippen molar-refractivity contribution in [3.05, 3.63) is 0 Å². The fourth-order valence-corrected chi connectivity index (χ4v) is 1.36. The number of unbranched alkanes of at least 4 members (excludes halogenated alkanes) is 2. The molecule has 4 heteroatoms. The van der Waals surface area contributed by atoms with E-state index in [1.807, 2.05) is 41.5 Å². The van der Waals surface area contributed by atoms with Gasteiger partial charge >= 0.3 is 5.97 Å². The highest BCUT2D eigenvalue weighted by Crippen LogP contribution is 2.22. The van der Waals surface area contributed by atoms with Crippen molar-refractivity contribution in [1.82, 2.24) is 0 Å². The molecule has 0 fully saturated rings. The Balaban J connectivity index is 0. The molecule has 0 amide bonds. The van der Waals surface area contributed by atoms with Gasteiger partial charge in [-0.15, -0.1) is 0 Å². The fourth-order valence-electron chi connectivity index (χ4n) is 1.36. The average Bonchev–Trinajstić information content (AvgIpc) is 2.23. The third-order valence-electron chi connectivity index (χ3n) is 2.36. The van der Waals surface area contributed by atoms with Crippen molar-refractivity contribution >= 4 is 5.97 Å². The van der Waals surface area contributed by atoms with Gasteiger partial charge in [0.1, 0.15) is 0 Å². The Hall–Kier alpha value is -0.610. The Labute approximate surface area is 137 Å². The van der Waals surface area contributed by atoms with Crippen molar-refractivity contribution in [2.45, 2.75) is 106 Å². The third kappa shape index (κ3) is 27.7. The summed E-state index contributed by atoms with van der Waals surface area (Å²) in [6, 6.07) is 0. The number of carboxylic acid groups (broad SMARTS) is 1. The molecule has 0 aromatic heterocycles. The van der Waals surface area contributed by atoms with Gasteiger partial charge in [-0.3, -0.25) is 4.79 Å². The fraction of sp³-hybridized carbons (Fsp3) is 0.944. The summed E-state index contributed by atoms with van der Waals surface area (Å²) >= 11 is 0. The van der Waals surface area contributed by atoms with Gasteiger partial charge in [-0.25, -0.2) is 9.78 Å². The highest BCUT2D eigenvalue weighted by atomic mass is 17.2. The number of aliphatic carboxylic acids is 1. The van der Waals surface area contributed by atoms with E-state index in [1.165, 1.54) is 6.42 Å². The topological polar surface area (TPSA) is 55.8 Å². The number of rotatable bonds is 6. The van der Waals surface area contributed by atoms with E-state index in [0.717, 1.165) is 19.3 Å². The van der Waals surface area contributed by atoms with Gasteiger partial charge in [0, 0.05) is 6.42 Å². The lowest BCUT2D eigenvalue weighted by atomic mass is 9.89. The molecule has 4 nitrogen and oxygen atoms in total. The van der Waals surface area contributed by atoms with Crippen molar-refractivity contribution in [2.75, 3.05) is 0 Å². The standard InChI is InChI=1S/C10H20O2.C8H18O2/c1-10(2,3)8-6-4-5-7-9(11)12;1-7(2,3)9-10-8(4,5)6/h4-8H2,1-3H3,(H,11,12);1-6H3. The van der Waals surface area contributed by atoms with Crippen LogP contribution in [0.3, 0.4) is 0 Å². The SMILES string of the molecule is CC(C)(C)CCCCCC(=O)O.CC(C)(C)OOC(C)(C)C. The molecule has 0 rings (SSSR count). The smallest absolute Gasteiger partial charge is 0.303 e. The maximum Gasteiger partial charge on any atom is 0.303 e. The number of carbonyl (C=O) groups is 1. The molecule has 0 aromatic rings. The molecule has 0 unspecified atom stereocenters. The molecule has 0 spiro atoms. The van der Waals surface area contributed by atoms with Crippen LogP contribution in [-0.2, 0) is 14.6 Å². The summed E-state index contributed by atoms with van der Waals surface area (Å²) in [5, 5.41) is 8.37. The zero-order valence-corrected chi connectivity index (χ0v) is 16.2. The first-order chi connectivity index (χ1) is 9.62. The second-order valence-electron chi connectivity index (χ2n) is 8.91. The van der Waals surface area contributed by atoms with Crippen LogP contribution in [0.4, 0.5) is 0 Å². The lowest BCUT2D eigenvalue weighted by Gasteiger charge is -2.24. The Morgan fingerprint density at radius 3 is 1.45 bits per heavy atom. The minimum atomic E-state index is -0.675. The summed E-state index contributed by atoms with van der Waals surface area (Å²) in [5.41, 5.74) is -0.0379. The predicted octanol–water partition coefficient (Wildman–Crippen LogP) is 5.60. The van der Waals surface area contributed by atoms with Crippen molar-refractivity contribution in [1.29, 1.82) is 0 Å². The quantitative estimate of drug-likeness (QED) is 0.393. The first-order valence-corrected chi connectivity index (χ1v) is 8.21. The van der Waals surface area contributed by atoms with Crippen LogP contribution in [0, 0.1) is 5.41 Å². The van der Waals surface area contributed by atoms with Crippen LogP contribution in [0.15, 0.2) is 0 Å². The highest BCUT2D eigenvalue weighted by Gasteiger charge is 2.18. The first-order valence-electron chi connectivity index (χ1n) is 8.21. The van der Waals surface area contributed by atoms with Crippen molar-refractivity contribution in [3.63, 3.8) is 0 Å². The monoisotopic (exact) mass is 318 g/mol. The van der Waals surface area contributed by atoms with Crippen LogP contribution in [0.5, 0.6) is 0 Å². The molecule has 0 aromatic carbocycles. The zero-order chi connectivity index (χ0) is 18.0. The van der Waals surface area contributed by atoms with Crippen molar-refractivity contribution < 1.29 is 19.7 Å². The molecular weight excluding hydrogens is 280 g/mol. The van der Waals surface area contributed by atoms with Gasteiger partial charge in [0.15, 0.2) is 0 Å². The Bertz CT molecular complexity index is 276. The van der Waals surface area contributed by atoms with Gasteiger partial charge in [0.05, 0.1) is 11.2 Å². The van der Waals surface area contributed by atoms with E-state index in [-0.39, 0.29) is 11.2 Å². The van der Waals surface area contributed by atoms with E-state index in [0.29, 0.717) is 11.8 Å². The van der Waals surface area contributed by atoms with Gasteiger partial charge in [-0.05, 0) is 59.8 Å². The molecule has 0 radical (unpaired) electrons. The van der Waals surface area contributed by atoms with Crippen LogP contribution < -0.4 is 0 Å². The summed E-state index contributed by atoms with van der Waals surface area (Å²) in [6.07, 6.45) is 4.53. The minimum Gasteiger partial charge on any atom is -0.481 e. The molecule has 0 saturated heterocycles. The maximum absolute atomic E-state index is 10.2. The molecule has 134 valence electrons. The normalized spacial score (nSPS) is 12.6. The second kappa shape index (κ2) is 10.2. The van der Waals surface area contributed by atoms with Crippen molar-refractivity contribution in [2.24, 2.45) is 5.41 Å². The summed E-state index contributed by atoms with van der Waals surface area (Å²) in [4.78, 5) is 20.3.